The predicted molar refractivity (Wildman–Crippen MR) is 102 cm³/mol. The van der Waals surface area contributed by atoms with Gasteiger partial charge in [-0.2, -0.15) is 0 Å². The van der Waals surface area contributed by atoms with Gasteiger partial charge in [0.1, 0.15) is 0 Å². The number of rotatable bonds is 2. The van der Waals surface area contributed by atoms with Crippen molar-refractivity contribution in [3.8, 4) is 0 Å². The van der Waals surface area contributed by atoms with Crippen molar-refractivity contribution >= 4 is 30.9 Å². The van der Waals surface area contributed by atoms with Crippen LogP contribution < -0.4 is 0 Å². The summed E-state index contributed by atoms with van der Waals surface area (Å²) in [7, 11) is -1.83. The molecule has 1 spiro atoms. The van der Waals surface area contributed by atoms with E-state index in [1.807, 2.05) is 0 Å². The van der Waals surface area contributed by atoms with Gasteiger partial charge in [-0.25, -0.2) is 0 Å². The Hall–Kier alpha value is 0.567. The Balaban J connectivity index is 2.36. The summed E-state index contributed by atoms with van der Waals surface area (Å²) >= 11 is 2.47. The third-order valence-electron chi connectivity index (χ3n) is 5.78. The third kappa shape index (κ3) is 2.96. The van der Waals surface area contributed by atoms with Gasteiger partial charge in [0.05, 0.1) is 19.3 Å². The molecule has 1 aliphatic heterocycles. The molecule has 2 aliphatic rings. The van der Waals surface area contributed by atoms with Crippen LogP contribution in [0.2, 0.25) is 18.1 Å². The first-order valence-electron chi connectivity index (χ1n) is 8.16. The number of hydrogen-bond acceptors (Lipinski definition) is 3. The lowest BCUT2D eigenvalue weighted by atomic mass is 9.73. The van der Waals surface area contributed by atoms with E-state index >= 15 is 0 Å². The molecule has 1 unspecified atom stereocenters. The first-order chi connectivity index (χ1) is 9.84. The van der Waals surface area contributed by atoms with Crippen LogP contribution >= 0.6 is 22.6 Å². The van der Waals surface area contributed by atoms with Crippen LogP contribution in [-0.4, -0.2) is 33.4 Å². The van der Waals surface area contributed by atoms with Crippen LogP contribution in [0.4, 0.5) is 0 Å². The highest BCUT2D eigenvalue weighted by molar-refractivity contribution is 14.1. The van der Waals surface area contributed by atoms with E-state index in [9.17, 15) is 0 Å². The Morgan fingerprint density at radius 1 is 1.18 bits per heavy atom. The largest absolute Gasteiger partial charge is 0.410 e. The van der Waals surface area contributed by atoms with Gasteiger partial charge >= 0.3 is 0 Å². The summed E-state index contributed by atoms with van der Waals surface area (Å²) in [5, 5.41) is 0.205. The van der Waals surface area contributed by atoms with E-state index in [2.05, 4.69) is 77.2 Å². The molecule has 0 saturated carbocycles. The first kappa shape index (κ1) is 18.9. The lowest BCUT2D eigenvalue weighted by Gasteiger charge is -2.50. The Labute approximate surface area is 150 Å². The standard InChI is InChI=1S/C17H31IO3Si/c1-12-13(21-22(7,8)15(2,3)4)11-17(19-9-10-20-17)16(5,6)14(12)18/h13H,9-11H2,1-8H3. The molecule has 1 aliphatic carbocycles. The zero-order chi connectivity index (χ0) is 17.0. The molecule has 3 nitrogen and oxygen atoms in total. The molecule has 0 aromatic heterocycles. The predicted octanol–water partition coefficient (Wildman–Crippen LogP) is 5.26. The molecule has 1 heterocycles. The van der Waals surface area contributed by atoms with Crippen molar-refractivity contribution in [1.82, 2.24) is 0 Å². The second-order valence-corrected chi connectivity index (χ2v) is 14.5. The van der Waals surface area contributed by atoms with E-state index in [0.29, 0.717) is 13.2 Å². The van der Waals surface area contributed by atoms with Crippen molar-refractivity contribution in [2.24, 2.45) is 5.41 Å². The van der Waals surface area contributed by atoms with E-state index in [-0.39, 0.29) is 16.6 Å². The number of hydrogen-bond donors (Lipinski definition) is 0. The second-order valence-electron chi connectivity index (χ2n) is 8.64. The zero-order valence-electron chi connectivity index (χ0n) is 15.3. The Kier molecular flexibility index (Phi) is 5.01. The molecular weight excluding hydrogens is 407 g/mol. The molecular formula is C17H31IO3Si. The highest BCUT2D eigenvalue weighted by Gasteiger charge is 2.57. The number of ether oxygens (including phenoxy) is 2. The van der Waals surface area contributed by atoms with Crippen molar-refractivity contribution in [2.75, 3.05) is 13.2 Å². The summed E-state index contributed by atoms with van der Waals surface area (Å²) in [4.78, 5) is 0. The molecule has 0 aromatic carbocycles. The zero-order valence-corrected chi connectivity index (χ0v) is 18.5. The SMILES string of the molecule is CC1=C(I)C(C)(C)C2(CC1O[Si](C)(C)C(C)(C)C)OCCO2. The van der Waals surface area contributed by atoms with Gasteiger partial charge in [0.2, 0.25) is 0 Å². The van der Waals surface area contributed by atoms with Crippen LogP contribution in [0.15, 0.2) is 9.15 Å². The van der Waals surface area contributed by atoms with Crippen LogP contribution in [0.1, 0.15) is 48.0 Å². The maximum atomic E-state index is 6.72. The summed E-state index contributed by atoms with van der Waals surface area (Å²) in [5.41, 5.74) is 1.22. The summed E-state index contributed by atoms with van der Waals surface area (Å²) in [6, 6.07) is 0. The molecule has 1 fully saturated rings. The molecule has 0 N–H and O–H groups in total. The topological polar surface area (TPSA) is 27.7 Å². The molecule has 5 heteroatoms. The Morgan fingerprint density at radius 3 is 2.14 bits per heavy atom. The highest BCUT2D eigenvalue weighted by Crippen LogP contribution is 2.55. The fourth-order valence-electron chi connectivity index (χ4n) is 3.05. The van der Waals surface area contributed by atoms with Crippen LogP contribution in [0.25, 0.3) is 0 Å². The normalized spacial score (nSPS) is 28.5. The molecule has 0 bridgehead atoms. The second kappa shape index (κ2) is 5.83. The van der Waals surface area contributed by atoms with Gasteiger partial charge < -0.3 is 13.9 Å². The average molecular weight is 438 g/mol. The molecule has 128 valence electrons. The van der Waals surface area contributed by atoms with Crippen LogP contribution in [0, 0.1) is 5.41 Å². The van der Waals surface area contributed by atoms with Crippen molar-refractivity contribution < 1.29 is 13.9 Å². The molecule has 2 rings (SSSR count). The molecule has 0 amide bonds. The van der Waals surface area contributed by atoms with Gasteiger partial charge in [-0.05, 0) is 53.2 Å². The minimum atomic E-state index is -1.83. The van der Waals surface area contributed by atoms with Crippen LogP contribution in [-0.2, 0) is 13.9 Å². The fourth-order valence-corrected chi connectivity index (χ4v) is 5.13. The van der Waals surface area contributed by atoms with Crippen molar-refractivity contribution in [1.29, 1.82) is 0 Å². The van der Waals surface area contributed by atoms with E-state index in [1.54, 1.807) is 0 Å². The summed E-state index contributed by atoms with van der Waals surface area (Å²) < 4.78 is 20.3. The summed E-state index contributed by atoms with van der Waals surface area (Å²) in [6.45, 7) is 19.5. The van der Waals surface area contributed by atoms with Gasteiger partial charge in [0, 0.05) is 15.4 Å². The summed E-state index contributed by atoms with van der Waals surface area (Å²) in [5.74, 6) is -0.532. The first-order valence-corrected chi connectivity index (χ1v) is 12.2. The van der Waals surface area contributed by atoms with Crippen molar-refractivity contribution in [3.05, 3.63) is 9.15 Å². The van der Waals surface area contributed by atoms with Gasteiger partial charge in [0.25, 0.3) is 0 Å². The minimum absolute atomic E-state index is 0.0962. The van der Waals surface area contributed by atoms with Gasteiger partial charge in [0.15, 0.2) is 14.1 Å². The lowest BCUT2D eigenvalue weighted by Crippen LogP contribution is -2.55. The van der Waals surface area contributed by atoms with Crippen molar-refractivity contribution in [3.63, 3.8) is 0 Å². The summed E-state index contributed by atoms with van der Waals surface area (Å²) in [6.07, 6.45) is 0.893. The van der Waals surface area contributed by atoms with E-state index in [0.717, 1.165) is 6.42 Å². The molecule has 1 atom stereocenters. The highest BCUT2D eigenvalue weighted by atomic mass is 127. The average Bonchev–Trinajstić information content (AvgIpc) is 2.83. The monoisotopic (exact) mass is 438 g/mol. The van der Waals surface area contributed by atoms with Crippen molar-refractivity contribution in [2.45, 2.75) is 78.0 Å². The third-order valence-corrected chi connectivity index (χ3v) is 12.5. The van der Waals surface area contributed by atoms with Crippen LogP contribution in [0.3, 0.4) is 0 Å². The smallest absolute Gasteiger partial charge is 0.192 e. The van der Waals surface area contributed by atoms with Gasteiger partial charge in [-0.3, -0.25) is 0 Å². The fraction of sp³-hybridized carbons (Fsp3) is 0.882. The minimum Gasteiger partial charge on any atom is -0.410 e. The van der Waals surface area contributed by atoms with Gasteiger partial charge in [-0.1, -0.05) is 34.6 Å². The maximum Gasteiger partial charge on any atom is 0.192 e. The molecule has 1 saturated heterocycles. The quantitative estimate of drug-likeness (QED) is 0.435. The van der Waals surface area contributed by atoms with E-state index in [4.69, 9.17) is 13.9 Å². The number of halogens is 1. The van der Waals surface area contributed by atoms with E-state index in [1.165, 1.54) is 9.15 Å². The van der Waals surface area contributed by atoms with Crippen LogP contribution in [0.5, 0.6) is 0 Å². The molecule has 22 heavy (non-hydrogen) atoms. The van der Waals surface area contributed by atoms with Gasteiger partial charge in [-0.15, -0.1) is 0 Å². The Bertz CT molecular complexity index is 471. The molecule has 0 aromatic rings. The van der Waals surface area contributed by atoms with E-state index < -0.39 is 14.1 Å². The molecule has 0 radical (unpaired) electrons. The lowest BCUT2D eigenvalue weighted by molar-refractivity contribution is -0.231. The maximum absolute atomic E-state index is 6.72. The Morgan fingerprint density at radius 2 is 1.68 bits per heavy atom.